The zero-order valence-electron chi connectivity index (χ0n) is 8.21. The zero-order chi connectivity index (χ0) is 10.7. The summed E-state index contributed by atoms with van der Waals surface area (Å²) in [5.74, 6) is 6.19. The summed E-state index contributed by atoms with van der Waals surface area (Å²) in [6.07, 6.45) is 1.56. The summed E-state index contributed by atoms with van der Waals surface area (Å²) in [4.78, 5) is 4.13. The number of hydrogen-bond donors (Lipinski definition) is 1. The highest BCUT2D eigenvalue weighted by atomic mass is 16.5. The molecular formula is C10H10N4O. The fourth-order valence-electron chi connectivity index (χ4n) is 1.25. The van der Waals surface area contributed by atoms with Gasteiger partial charge >= 0.3 is 0 Å². The summed E-state index contributed by atoms with van der Waals surface area (Å²) in [7, 11) is 0. The standard InChI is InChI=1S/C10H10N4O/c1-7-13-10(15-14-7)9-4-2-3-8(5-9)6-12-11/h2-6H,11H2,1H3. The number of hydrazone groups is 1. The van der Waals surface area contributed by atoms with Gasteiger partial charge in [0.2, 0.25) is 0 Å². The monoisotopic (exact) mass is 202 g/mol. The Labute approximate surface area is 86.6 Å². The summed E-state index contributed by atoms with van der Waals surface area (Å²) in [5, 5.41) is 7.18. The molecule has 1 aromatic heterocycles. The molecule has 0 fully saturated rings. The lowest BCUT2D eigenvalue weighted by molar-refractivity contribution is 0.425. The first-order valence-corrected chi connectivity index (χ1v) is 4.43. The van der Waals surface area contributed by atoms with Gasteiger partial charge in [-0.15, -0.1) is 0 Å². The van der Waals surface area contributed by atoms with Crippen molar-refractivity contribution in [1.29, 1.82) is 0 Å². The van der Waals surface area contributed by atoms with E-state index in [1.54, 1.807) is 13.1 Å². The Morgan fingerprint density at radius 2 is 2.33 bits per heavy atom. The average Bonchev–Trinajstić information content (AvgIpc) is 2.66. The maximum atomic E-state index is 5.07. The second kappa shape index (κ2) is 3.91. The maximum Gasteiger partial charge on any atom is 0.257 e. The molecule has 15 heavy (non-hydrogen) atoms. The van der Waals surface area contributed by atoms with Crippen LogP contribution in [0.15, 0.2) is 33.9 Å². The van der Waals surface area contributed by atoms with Crippen molar-refractivity contribution in [2.45, 2.75) is 6.92 Å². The summed E-state index contributed by atoms with van der Waals surface area (Å²) < 4.78 is 5.05. The third-order valence-corrected chi connectivity index (χ3v) is 1.88. The second-order valence-electron chi connectivity index (χ2n) is 3.05. The topological polar surface area (TPSA) is 77.3 Å². The molecule has 0 unspecified atom stereocenters. The van der Waals surface area contributed by atoms with Crippen LogP contribution in [0.2, 0.25) is 0 Å². The Morgan fingerprint density at radius 3 is 3.00 bits per heavy atom. The predicted octanol–water partition coefficient (Wildman–Crippen LogP) is 1.34. The van der Waals surface area contributed by atoms with Crippen LogP contribution in [0.1, 0.15) is 11.4 Å². The van der Waals surface area contributed by atoms with E-state index >= 15 is 0 Å². The second-order valence-corrected chi connectivity index (χ2v) is 3.05. The van der Waals surface area contributed by atoms with Crippen molar-refractivity contribution in [2.75, 3.05) is 0 Å². The van der Waals surface area contributed by atoms with Crippen LogP contribution < -0.4 is 5.84 Å². The first-order chi connectivity index (χ1) is 7.29. The predicted molar refractivity (Wildman–Crippen MR) is 56.3 cm³/mol. The van der Waals surface area contributed by atoms with Gasteiger partial charge in [-0.3, -0.25) is 0 Å². The Hall–Kier alpha value is -2.17. The largest absolute Gasteiger partial charge is 0.334 e. The van der Waals surface area contributed by atoms with Crippen molar-refractivity contribution >= 4 is 6.21 Å². The molecule has 0 atom stereocenters. The van der Waals surface area contributed by atoms with Gasteiger partial charge in [0, 0.05) is 5.56 Å². The highest BCUT2D eigenvalue weighted by Gasteiger charge is 2.05. The van der Waals surface area contributed by atoms with E-state index in [4.69, 9.17) is 10.4 Å². The molecule has 0 aliphatic carbocycles. The van der Waals surface area contributed by atoms with Gasteiger partial charge in [0.25, 0.3) is 5.89 Å². The summed E-state index contributed by atoms with van der Waals surface area (Å²) in [5.41, 5.74) is 1.75. The van der Waals surface area contributed by atoms with Crippen LogP contribution >= 0.6 is 0 Å². The average molecular weight is 202 g/mol. The Balaban J connectivity index is 2.40. The van der Waals surface area contributed by atoms with E-state index in [-0.39, 0.29) is 0 Å². The van der Waals surface area contributed by atoms with Crippen LogP contribution in [0.5, 0.6) is 0 Å². The minimum atomic E-state index is 0.500. The molecule has 0 amide bonds. The Kier molecular flexibility index (Phi) is 2.45. The lowest BCUT2D eigenvalue weighted by atomic mass is 10.1. The van der Waals surface area contributed by atoms with E-state index in [0.29, 0.717) is 11.7 Å². The highest BCUT2D eigenvalue weighted by Crippen LogP contribution is 2.17. The van der Waals surface area contributed by atoms with Crippen molar-refractivity contribution < 1.29 is 4.52 Å². The first-order valence-electron chi connectivity index (χ1n) is 4.43. The van der Waals surface area contributed by atoms with E-state index in [0.717, 1.165) is 11.1 Å². The molecule has 5 heteroatoms. The lowest BCUT2D eigenvalue weighted by Crippen LogP contribution is -1.87. The highest BCUT2D eigenvalue weighted by molar-refractivity contribution is 5.81. The van der Waals surface area contributed by atoms with Crippen molar-refractivity contribution in [3.8, 4) is 11.5 Å². The molecule has 0 saturated carbocycles. The van der Waals surface area contributed by atoms with E-state index < -0.39 is 0 Å². The van der Waals surface area contributed by atoms with Crippen molar-refractivity contribution in [2.24, 2.45) is 10.9 Å². The Bertz CT molecular complexity index is 490. The van der Waals surface area contributed by atoms with Gasteiger partial charge in [-0.25, -0.2) is 0 Å². The molecule has 2 N–H and O–H groups in total. The number of nitrogens with two attached hydrogens (primary N) is 1. The fraction of sp³-hybridized carbons (Fsp3) is 0.100. The third-order valence-electron chi connectivity index (χ3n) is 1.88. The van der Waals surface area contributed by atoms with E-state index in [9.17, 15) is 0 Å². The molecule has 0 bridgehead atoms. The van der Waals surface area contributed by atoms with Gasteiger partial charge in [-0.2, -0.15) is 10.1 Å². The lowest BCUT2D eigenvalue weighted by Gasteiger charge is -1.95. The fourth-order valence-corrected chi connectivity index (χ4v) is 1.25. The summed E-state index contributed by atoms with van der Waals surface area (Å²) in [6, 6.07) is 7.54. The van der Waals surface area contributed by atoms with E-state index in [1.165, 1.54) is 0 Å². The van der Waals surface area contributed by atoms with Crippen LogP contribution in [-0.4, -0.2) is 16.4 Å². The molecule has 1 aromatic carbocycles. The summed E-state index contributed by atoms with van der Waals surface area (Å²) in [6.45, 7) is 1.78. The first kappa shape index (κ1) is 9.39. The van der Waals surface area contributed by atoms with Gasteiger partial charge in [0.1, 0.15) is 0 Å². The molecule has 0 saturated heterocycles. The number of benzene rings is 1. The minimum Gasteiger partial charge on any atom is -0.334 e. The van der Waals surface area contributed by atoms with Gasteiger partial charge in [-0.05, 0) is 24.6 Å². The quantitative estimate of drug-likeness (QED) is 0.453. The molecule has 5 nitrogen and oxygen atoms in total. The van der Waals surface area contributed by atoms with E-state index in [2.05, 4.69) is 15.2 Å². The zero-order valence-corrected chi connectivity index (χ0v) is 8.21. The smallest absolute Gasteiger partial charge is 0.257 e. The van der Waals surface area contributed by atoms with Crippen LogP contribution in [0, 0.1) is 6.92 Å². The molecule has 0 aliphatic heterocycles. The molecule has 76 valence electrons. The minimum absolute atomic E-state index is 0.500. The van der Waals surface area contributed by atoms with Crippen molar-refractivity contribution in [1.82, 2.24) is 10.1 Å². The molecule has 2 rings (SSSR count). The van der Waals surface area contributed by atoms with Crippen LogP contribution in [-0.2, 0) is 0 Å². The Morgan fingerprint density at radius 1 is 1.47 bits per heavy atom. The molecule has 1 heterocycles. The number of rotatable bonds is 2. The number of nitrogens with zero attached hydrogens (tertiary/aromatic N) is 3. The van der Waals surface area contributed by atoms with Gasteiger partial charge in [0.15, 0.2) is 5.82 Å². The number of aryl methyl sites for hydroxylation is 1. The van der Waals surface area contributed by atoms with Crippen LogP contribution in [0.4, 0.5) is 0 Å². The van der Waals surface area contributed by atoms with Crippen molar-refractivity contribution in [3.63, 3.8) is 0 Å². The van der Waals surface area contributed by atoms with Gasteiger partial charge in [-0.1, -0.05) is 17.3 Å². The molecule has 2 aromatic rings. The molecule has 0 spiro atoms. The molecule has 0 aliphatic rings. The SMILES string of the molecule is Cc1noc(-c2cccc(C=NN)c2)n1. The summed E-state index contributed by atoms with van der Waals surface area (Å²) >= 11 is 0. The van der Waals surface area contributed by atoms with Crippen molar-refractivity contribution in [3.05, 3.63) is 35.7 Å². The van der Waals surface area contributed by atoms with Gasteiger partial charge < -0.3 is 10.4 Å². The van der Waals surface area contributed by atoms with Crippen LogP contribution in [0.3, 0.4) is 0 Å². The molecular weight excluding hydrogens is 192 g/mol. The number of hydrogen-bond acceptors (Lipinski definition) is 5. The van der Waals surface area contributed by atoms with Gasteiger partial charge in [0.05, 0.1) is 6.21 Å². The molecule has 0 radical (unpaired) electrons. The number of aromatic nitrogens is 2. The van der Waals surface area contributed by atoms with Crippen LogP contribution in [0.25, 0.3) is 11.5 Å². The maximum absolute atomic E-state index is 5.07. The third kappa shape index (κ3) is 2.01. The normalized spacial score (nSPS) is 11.0. The van der Waals surface area contributed by atoms with E-state index in [1.807, 2.05) is 24.3 Å².